The van der Waals surface area contributed by atoms with Gasteiger partial charge in [-0.1, -0.05) is 54.1 Å². The minimum Gasteiger partial charge on any atom is -0.481 e. The van der Waals surface area contributed by atoms with Crippen LogP contribution in [0.1, 0.15) is 34.6 Å². The Balaban J connectivity index is 1.66. The number of rotatable bonds is 6. The van der Waals surface area contributed by atoms with Crippen LogP contribution in [-0.4, -0.2) is 22.1 Å². The summed E-state index contributed by atoms with van der Waals surface area (Å²) in [5.74, 6) is 3.75. The van der Waals surface area contributed by atoms with E-state index in [0.717, 1.165) is 5.56 Å². The molecule has 0 saturated heterocycles. The lowest BCUT2D eigenvalue weighted by Crippen LogP contribution is -2.33. The summed E-state index contributed by atoms with van der Waals surface area (Å²) in [7, 11) is 1.82. The molecule has 0 radical (unpaired) electrons. The van der Waals surface area contributed by atoms with Gasteiger partial charge in [-0.25, -0.2) is 0 Å². The molecule has 0 spiro atoms. The first-order chi connectivity index (χ1) is 15.5. The number of benzene rings is 2. The van der Waals surface area contributed by atoms with Crippen LogP contribution in [0.3, 0.4) is 0 Å². The van der Waals surface area contributed by atoms with E-state index in [1.807, 2.05) is 31.3 Å². The van der Waals surface area contributed by atoms with Crippen LogP contribution in [0.5, 0.6) is 5.75 Å². The Morgan fingerprint density at radius 3 is 2.69 bits per heavy atom. The number of aryl methyl sites for hydroxylation is 1. The SMILES string of the molecule is C#CCOc1ccc(C2CC(=O)Nc3c2c(=O)nc(SCc2ccccc2C)n3C)cc1. The summed E-state index contributed by atoms with van der Waals surface area (Å²) in [6, 6.07) is 15.4. The first-order valence-electron chi connectivity index (χ1n) is 10.2. The zero-order valence-electron chi connectivity index (χ0n) is 17.9. The van der Waals surface area contributed by atoms with E-state index in [4.69, 9.17) is 11.2 Å². The molecule has 6 nitrogen and oxygen atoms in total. The number of carbonyl (C=O) groups excluding carboxylic acids is 1. The van der Waals surface area contributed by atoms with Crippen LogP contribution < -0.4 is 15.6 Å². The molecule has 0 aliphatic carbocycles. The number of hydrogen-bond acceptors (Lipinski definition) is 5. The third-order valence-electron chi connectivity index (χ3n) is 5.52. The van der Waals surface area contributed by atoms with Crippen LogP contribution in [0.2, 0.25) is 0 Å². The van der Waals surface area contributed by atoms with E-state index in [9.17, 15) is 9.59 Å². The molecule has 2 heterocycles. The maximum Gasteiger partial charge on any atom is 0.279 e. The van der Waals surface area contributed by atoms with E-state index >= 15 is 0 Å². The molecule has 3 aromatic rings. The van der Waals surface area contributed by atoms with E-state index in [1.165, 1.54) is 22.9 Å². The summed E-state index contributed by atoms with van der Waals surface area (Å²) in [4.78, 5) is 30.0. The van der Waals surface area contributed by atoms with Gasteiger partial charge in [0.2, 0.25) is 5.91 Å². The molecule has 162 valence electrons. The highest BCUT2D eigenvalue weighted by Gasteiger charge is 2.32. The molecule has 1 aromatic heterocycles. The van der Waals surface area contributed by atoms with Crippen LogP contribution in [-0.2, 0) is 17.6 Å². The number of nitrogens with zero attached hydrogens (tertiary/aromatic N) is 2. The normalized spacial score (nSPS) is 14.9. The minimum absolute atomic E-state index is 0.133. The second kappa shape index (κ2) is 9.33. The summed E-state index contributed by atoms with van der Waals surface area (Å²) in [6.07, 6.45) is 5.42. The Morgan fingerprint density at radius 1 is 1.22 bits per heavy atom. The van der Waals surface area contributed by atoms with Crippen molar-refractivity contribution in [2.45, 2.75) is 30.2 Å². The second-order valence-corrected chi connectivity index (χ2v) is 8.55. The molecule has 0 saturated carbocycles. The Labute approximate surface area is 191 Å². The van der Waals surface area contributed by atoms with Crippen molar-refractivity contribution in [3.05, 3.63) is 81.1 Å². The highest BCUT2D eigenvalue weighted by molar-refractivity contribution is 7.98. The standard InChI is InChI=1S/C25H23N3O3S/c1-4-13-31-19-11-9-17(10-12-19)20-14-21(29)26-23-22(20)24(30)27-25(28(23)3)32-15-18-8-6-5-7-16(18)2/h1,5-12,20H,13-15H2,2-3H3,(H,26,29). The van der Waals surface area contributed by atoms with Crippen molar-refractivity contribution < 1.29 is 9.53 Å². The van der Waals surface area contributed by atoms with Gasteiger partial charge in [0.15, 0.2) is 5.16 Å². The maximum absolute atomic E-state index is 13.1. The average molecular weight is 446 g/mol. The molecule has 7 heteroatoms. The van der Waals surface area contributed by atoms with Crippen molar-refractivity contribution in [3.63, 3.8) is 0 Å². The summed E-state index contributed by atoms with van der Waals surface area (Å²) in [5, 5.41) is 3.45. The maximum atomic E-state index is 13.1. The van der Waals surface area contributed by atoms with Gasteiger partial charge in [0, 0.05) is 25.1 Å². The molecular formula is C25H23N3O3S. The number of ether oxygens (including phenoxy) is 1. The molecule has 1 aliphatic rings. The van der Waals surface area contributed by atoms with Gasteiger partial charge < -0.3 is 14.6 Å². The van der Waals surface area contributed by atoms with Gasteiger partial charge in [-0.05, 0) is 35.7 Å². The molecule has 1 amide bonds. The fourth-order valence-electron chi connectivity index (χ4n) is 3.78. The lowest BCUT2D eigenvalue weighted by Gasteiger charge is -2.27. The third-order valence-corrected chi connectivity index (χ3v) is 6.60. The van der Waals surface area contributed by atoms with Gasteiger partial charge in [-0.3, -0.25) is 9.59 Å². The van der Waals surface area contributed by atoms with Crippen LogP contribution in [0, 0.1) is 19.3 Å². The fraction of sp³-hybridized carbons (Fsp3) is 0.240. The molecule has 1 N–H and O–H groups in total. The summed E-state index contributed by atoms with van der Waals surface area (Å²) in [6.45, 7) is 2.24. The molecule has 32 heavy (non-hydrogen) atoms. The van der Waals surface area contributed by atoms with Gasteiger partial charge in [0.1, 0.15) is 18.2 Å². The molecular weight excluding hydrogens is 422 g/mol. The van der Waals surface area contributed by atoms with Gasteiger partial charge >= 0.3 is 0 Å². The van der Waals surface area contributed by atoms with Gasteiger partial charge in [0.25, 0.3) is 5.56 Å². The molecule has 2 aromatic carbocycles. The van der Waals surface area contributed by atoms with Crippen LogP contribution >= 0.6 is 11.8 Å². The minimum atomic E-state index is -0.373. The first kappa shape index (κ1) is 21.7. The van der Waals surface area contributed by atoms with Crippen LogP contribution in [0.4, 0.5) is 5.82 Å². The van der Waals surface area contributed by atoms with E-state index in [-0.39, 0.29) is 30.4 Å². The van der Waals surface area contributed by atoms with Crippen molar-refractivity contribution in [2.75, 3.05) is 11.9 Å². The molecule has 0 fully saturated rings. The summed E-state index contributed by atoms with van der Waals surface area (Å²) < 4.78 is 7.22. The van der Waals surface area contributed by atoms with E-state index < -0.39 is 0 Å². The molecule has 1 atom stereocenters. The Morgan fingerprint density at radius 2 is 1.97 bits per heavy atom. The molecule has 1 aliphatic heterocycles. The van der Waals surface area contributed by atoms with Crippen molar-refractivity contribution in [1.29, 1.82) is 0 Å². The number of amides is 1. The monoisotopic (exact) mass is 445 g/mol. The number of fused-ring (bicyclic) bond motifs is 1. The third kappa shape index (κ3) is 4.41. The Bertz CT molecular complexity index is 1260. The number of anilines is 1. The van der Waals surface area contributed by atoms with Crippen molar-refractivity contribution in [1.82, 2.24) is 9.55 Å². The van der Waals surface area contributed by atoms with E-state index in [1.54, 1.807) is 16.7 Å². The number of carbonyl (C=O) groups is 1. The Hall–Kier alpha value is -3.50. The molecule has 1 unspecified atom stereocenters. The summed E-state index contributed by atoms with van der Waals surface area (Å²) in [5.41, 5.74) is 3.41. The van der Waals surface area contributed by atoms with Crippen molar-refractivity contribution in [3.8, 4) is 18.1 Å². The number of nitrogens with one attached hydrogen (secondary N) is 1. The molecule has 0 bridgehead atoms. The summed E-state index contributed by atoms with van der Waals surface area (Å²) >= 11 is 1.48. The smallest absolute Gasteiger partial charge is 0.279 e. The molecule has 4 rings (SSSR count). The highest BCUT2D eigenvalue weighted by Crippen LogP contribution is 2.36. The average Bonchev–Trinajstić information content (AvgIpc) is 2.79. The first-order valence-corrected chi connectivity index (χ1v) is 11.2. The lowest BCUT2D eigenvalue weighted by molar-refractivity contribution is -0.116. The fourth-order valence-corrected chi connectivity index (χ4v) is 4.83. The second-order valence-electron chi connectivity index (χ2n) is 7.60. The predicted octanol–water partition coefficient (Wildman–Crippen LogP) is 3.87. The van der Waals surface area contributed by atoms with Gasteiger partial charge in [0.05, 0.1) is 5.56 Å². The van der Waals surface area contributed by atoms with Crippen molar-refractivity contribution in [2.24, 2.45) is 7.05 Å². The highest BCUT2D eigenvalue weighted by atomic mass is 32.2. The van der Waals surface area contributed by atoms with E-state index in [2.05, 4.69) is 35.3 Å². The van der Waals surface area contributed by atoms with E-state index in [0.29, 0.717) is 28.0 Å². The van der Waals surface area contributed by atoms with Crippen LogP contribution in [0.15, 0.2) is 58.5 Å². The number of hydrogen-bond donors (Lipinski definition) is 1. The zero-order chi connectivity index (χ0) is 22.7. The van der Waals surface area contributed by atoms with Crippen LogP contribution in [0.25, 0.3) is 0 Å². The quantitative estimate of drug-likeness (QED) is 0.354. The Kier molecular flexibility index (Phi) is 6.33. The van der Waals surface area contributed by atoms with Crippen molar-refractivity contribution >= 4 is 23.5 Å². The van der Waals surface area contributed by atoms with Gasteiger partial charge in [-0.15, -0.1) is 6.42 Å². The number of aromatic nitrogens is 2. The van der Waals surface area contributed by atoms with Gasteiger partial charge in [-0.2, -0.15) is 4.98 Å². The zero-order valence-corrected chi connectivity index (χ0v) is 18.7. The predicted molar refractivity (Wildman–Crippen MR) is 126 cm³/mol. The number of thioether (sulfide) groups is 1. The lowest BCUT2D eigenvalue weighted by atomic mass is 9.87. The number of terminal acetylenes is 1. The topological polar surface area (TPSA) is 73.2 Å². The largest absolute Gasteiger partial charge is 0.481 e.